The first kappa shape index (κ1) is 9.58. The molecule has 13 heavy (non-hydrogen) atoms. The number of carbonyl (C=O) groups excluding carboxylic acids is 1. The van der Waals surface area contributed by atoms with Crippen LogP contribution in [0.2, 0.25) is 0 Å². The Kier molecular flexibility index (Phi) is 3.82. The number of ether oxygens (including phenoxy) is 1. The van der Waals surface area contributed by atoms with Crippen LogP contribution in [-0.2, 0) is 9.53 Å². The normalized spacial score (nSPS) is 9.31. The lowest BCUT2D eigenvalue weighted by atomic mass is 10.3. The first-order valence-corrected chi connectivity index (χ1v) is 3.96. The molecular formula is C10H11NO2. The largest absolute Gasteiger partial charge is 0.469 e. The van der Waals surface area contributed by atoms with Crippen molar-refractivity contribution in [3.63, 3.8) is 0 Å². The van der Waals surface area contributed by atoms with E-state index in [0.717, 1.165) is 5.69 Å². The van der Waals surface area contributed by atoms with E-state index >= 15 is 0 Å². The van der Waals surface area contributed by atoms with E-state index in [2.05, 4.69) is 10.1 Å². The Bertz CT molecular complexity index is 259. The summed E-state index contributed by atoms with van der Waals surface area (Å²) in [4.78, 5) is 10.7. The van der Waals surface area contributed by atoms with E-state index in [1.54, 1.807) is 0 Å². The number of nitrogens with zero attached hydrogens (tertiary/aromatic N) is 1. The highest BCUT2D eigenvalue weighted by Crippen LogP contribution is 2.04. The molecule has 0 amide bonds. The van der Waals surface area contributed by atoms with Crippen molar-refractivity contribution >= 4 is 11.7 Å². The highest BCUT2D eigenvalue weighted by atomic mass is 16.5. The van der Waals surface area contributed by atoms with Crippen molar-refractivity contribution in [1.29, 1.82) is 0 Å². The van der Waals surface area contributed by atoms with Crippen LogP contribution in [0.3, 0.4) is 0 Å². The molecule has 1 aromatic rings. The minimum atomic E-state index is -0.348. The Hall–Kier alpha value is -1.51. The monoisotopic (exact) mass is 177 g/mol. The Morgan fingerprint density at radius 2 is 2.15 bits per heavy atom. The van der Waals surface area contributed by atoms with Crippen molar-refractivity contribution in [2.24, 2.45) is 0 Å². The van der Waals surface area contributed by atoms with Gasteiger partial charge in [-0.05, 0) is 12.1 Å². The quantitative estimate of drug-likeness (QED) is 0.650. The van der Waals surface area contributed by atoms with E-state index in [9.17, 15) is 4.79 Å². The molecule has 0 unspecified atom stereocenters. The molecule has 0 bridgehead atoms. The van der Waals surface area contributed by atoms with E-state index in [0.29, 0.717) is 6.54 Å². The van der Waals surface area contributed by atoms with Crippen molar-refractivity contribution in [2.75, 3.05) is 13.7 Å². The zero-order valence-electron chi connectivity index (χ0n) is 7.43. The second-order valence-electron chi connectivity index (χ2n) is 2.40. The smallest absolute Gasteiger partial charge is 0.311 e. The SMILES string of the molecule is COC(=O)[CH]C[N]c1ccccc1. The fourth-order valence-electron chi connectivity index (χ4n) is 0.842. The van der Waals surface area contributed by atoms with Gasteiger partial charge >= 0.3 is 5.97 Å². The minimum Gasteiger partial charge on any atom is -0.469 e. The number of rotatable bonds is 4. The topological polar surface area (TPSA) is 40.4 Å². The molecule has 3 heteroatoms. The predicted molar refractivity (Wildman–Crippen MR) is 49.4 cm³/mol. The molecule has 0 atom stereocenters. The van der Waals surface area contributed by atoms with Gasteiger partial charge in [0.2, 0.25) is 0 Å². The van der Waals surface area contributed by atoms with Gasteiger partial charge in [-0.1, -0.05) is 18.2 Å². The maximum absolute atomic E-state index is 10.7. The van der Waals surface area contributed by atoms with Gasteiger partial charge in [0.1, 0.15) is 0 Å². The average Bonchev–Trinajstić information content (AvgIpc) is 2.19. The average molecular weight is 177 g/mol. The van der Waals surface area contributed by atoms with Gasteiger partial charge in [0.15, 0.2) is 0 Å². The molecule has 0 aromatic heterocycles. The molecule has 0 N–H and O–H groups in total. The molecule has 3 nitrogen and oxygen atoms in total. The van der Waals surface area contributed by atoms with Gasteiger partial charge in [0, 0.05) is 0 Å². The highest BCUT2D eigenvalue weighted by molar-refractivity contribution is 5.79. The molecule has 0 saturated heterocycles. The van der Waals surface area contributed by atoms with E-state index < -0.39 is 0 Å². The summed E-state index contributed by atoms with van der Waals surface area (Å²) in [6.07, 6.45) is 1.40. The van der Waals surface area contributed by atoms with Crippen LogP contribution < -0.4 is 5.32 Å². The maximum Gasteiger partial charge on any atom is 0.311 e. The first-order valence-electron chi connectivity index (χ1n) is 3.96. The second-order valence-corrected chi connectivity index (χ2v) is 2.40. The summed E-state index contributed by atoms with van der Waals surface area (Å²) in [5.74, 6) is -0.348. The standard InChI is InChI=1S/C10H11NO2/c1-13-10(12)7-8-11-9-5-3-2-4-6-9/h2-7H,8H2,1H3. The summed E-state index contributed by atoms with van der Waals surface area (Å²) in [6, 6.07) is 9.48. The molecule has 2 radical (unpaired) electrons. The van der Waals surface area contributed by atoms with E-state index in [-0.39, 0.29) is 5.97 Å². The summed E-state index contributed by atoms with van der Waals surface area (Å²) in [5.41, 5.74) is 0.864. The molecule has 0 spiro atoms. The Labute approximate surface area is 77.7 Å². The highest BCUT2D eigenvalue weighted by Gasteiger charge is 2.00. The third-order valence-corrected chi connectivity index (χ3v) is 1.49. The lowest BCUT2D eigenvalue weighted by molar-refractivity contribution is -0.136. The molecule has 0 aliphatic heterocycles. The number of esters is 1. The number of hydrogen-bond donors (Lipinski definition) is 0. The van der Waals surface area contributed by atoms with Crippen LogP contribution in [0.15, 0.2) is 30.3 Å². The van der Waals surface area contributed by atoms with Crippen LogP contribution in [0.1, 0.15) is 0 Å². The number of hydrogen-bond acceptors (Lipinski definition) is 2. The van der Waals surface area contributed by atoms with Gasteiger partial charge in [-0.2, -0.15) is 0 Å². The van der Waals surface area contributed by atoms with Crippen LogP contribution in [0.25, 0.3) is 0 Å². The fourth-order valence-corrected chi connectivity index (χ4v) is 0.842. The van der Waals surface area contributed by atoms with Crippen molar-refractivity contribution < 1.29 is 9.53 Å². The van der Waals surface area contributed by atoms with Gasteiger partial charge in [-0.25, -0.2) is 0 Å². The van der Waals surface area contributed by atoms with Crippen LogP contribution >= 0.6 is 0 Å². The number of methoxy groups -OCH3 is 1. The Morgan fingerprint density at radius 1 is 1.46 bits per heavy atom. The van der Waals surface area contributed by atoms with Gasteiger partial charge in [0.05, 0.1) is 25.8 Å². The Balaban J connectivity index is 2.24. The zero-order valence-corrected chi connectivity index (χ0v) is 7.43. The van der Waals surface area contributed by atoms with E-state index in [1.807, 2.05) is 30.3 Å². The van der Waals surface area contributed by atoms with Crippen LogP contribution in [-0.4, -0.2) is 19.6 Å². The summed E-state index contributed by atoms with van der Waals surface area (Å²) in [5, 5.41) is 4.14. The van der Waals surface area contributed by atoms with Crippen molar-refractivity contribution in [3.8, 4) is 0 Å². The van der Waals surface area contributed by atoms with Gasteiger partial charge in [-0.15, -0.1) is 0 Å². The third kappa shape index (κ3) is 3.60. The minimum absolute atomic E-state index is 0.348. The number of para-hydroxylation sites is 1. The van der Waals surface area contributed by atoms with E-state index in [1.165, 1.54) is 13.5 Å². The van der Waals surface area contributed by atoms with Crippen molar-refractivity contribution in [1.82, 2.24) is 5.32 Å². The fraction of sp³-hybridized carbons (Fsp3) is 0.200. The molecule has 68 valence electrons. The summed E-state index contributed by atoms with van der Waals surface area (Å²) in [6.45, 7) is 0.358. The molecule has 1 aromatic carbocycles. The lowest BCUT2D eigenvalue weighted by Gasteiger charge is -2.00. The summed E-state index contributed by atoms with van der Waals surface area (Å²) in [7, 11) is 1.35. The lowest BCUT2D eigenvalue weighted by Crippen LogP contribution is -2.09. The molecule has 0 aliphatic carbocycles. The molecular weight excluding hydrogens is 166 g/mol. The molecule has 1 rings (SSSR count). The zero-order chi connectivity index (χ0) is 9.52. The molecule has 0 heterocycles. The van der Waals surface area contributed by atoms with Crippen molar-refractivity contribution in [3.05, 3.63) is 36.8 Å². The predicted octanol–water partition coefficient (Wildman–Crippen LogP) is 1.30. The van der Waals surface area contributed by atoms with Crippen LogP contribution in [0.5, 0.6) is 0 Å². The second kappa shape index (κ2) is 5.19. The van der Waals surface area contributed by atoms with Crippen LogP contribution in [0, 0.1) is 6.42 Å². The summed E-state index contributed by atoms with van der Waals surface area (Å²) >= 11 is 0. The number of carbonyl (C=O) groups is 1. The van der Waals surface area contributed by atoms with Gasteiger partial charge < -0.3 is 4.74 Å². The molecule has 0 fully saturated rings. The van der Waals surface area contributed by atoms with E-state index in [4.69, 9.17) is 0 Å². The Morgan fingerprint density at radius 3 is 2.77 bits per heavy atom. The summed E-state index contributed by atoms with van der Waals surface area (Å²) < 4.78 is 4.43. The number of benzene rings is 1. The molecule has 0 saturated carbocycles. The maximum atomic E-state index is 10.7. The van der Waals surface area contributed by atoms with Crippen LogP contribution in [0.4, 0.5) is 5.69 Å². The third-order valence-electron chi connectivity index (χ3n) is 1.49. The van der Waals surface area contributed by atoms with Crippen molar-refractivity contribution in [2.45, 2.75) is 0 Å². The first-order chi connectivity index (χ1) is 6.33. The van der Waals surface area contributed by atoms with Gasteiger partial charge in [-0.3, -0.25) is 10.1 Å². The molecule has 0 aliphatic rings. The van der Waals surface area contributed by atoms with Gasteiger partial charge in [0.25, 0.3) is 0 Å².